The van der Waals surface area contributed by atoms with Gasteiger partial charge in [-0.05, 0) is 18.1 Å². The van der Waals surface area contributed by atoms with Crippen molar-refractivity contribution < 1.29 is 13.6 Å². The second kappa shape index (κ2) is 5.39. The molecular weight excluding hydrogens is 280 g/mol. The standard InChI is InChI=1S/C11H12BrF2NO/c1-6(2)10(12)11(16)15-9-4-3-7(13)5-8(9)14/h3-6,10H,1-2H3,(H,15,16). The maximum Gasteiger partial charge on any atom is 0.238 e. The van der Waals surface area contributed by atoms with Gasteiger partial charge in [0.25, 0.3) is 0 Å². The number of nitrogens with one attached hydrogen (secondary N) is 1. The van der Waals surface area contributed by atoms with Crippen LogP contribution in [-0.2, 0) is 4.79 Å². The van der Waals surface area contributed by atoms with Crippen molar-refractivity contribution in [3.8, 4) is 0 Å². The molecule has 1 N–H and O–H groups in total. The summed E-state index contributed by atoms with van der Waals surface area (Å²) in [5, 5.41) is 2.39. The number of hydrogen-bond donors (Lipinski definition) is 1. The normalized spacial score (nSPS) is 12.6. The Morgan fingerprint density at radius 1 is 1.38 bits per heavy atom. The lowest BCUT2D eigenvalue weighted by Gasteiger charge is -2.14. The van der Waals surface area contributed by atoms with Gasteiger partial charge in [-0.2, -0.15) is 0 Å². The Morgan fingerprint density at radius 2 is 2.00 bits per heavy atom. The molecule has 0 aliphatic rings. The van der Waals surface area contributed by atoms with Gasteiger partial charge in [-0.1, -0.05) is 29.8 Å². The van der Waals surface area contributed by atoms with E-state index in [1.54, 1.807) is 0 Å². The van der Waals surface area contributed by atoms with Crippen LogP contribution >= 0.6 is 15.9 Å². The van der Waals surface area contributed by atoms with Gasteiger partial charge in [0.2, 0.25) is 5.91 Å². The zero-order chi connectivity index (χ0) is 12.3. The molecule has 1 amide bonds. The number of rotatable bonds is 3. The van der Waals surface area contributed by atoms with Crippen molar-refractivity contribution in [3.05, 3.63) is 29.8 Å². The number of hydrogen-bond acceptors (Lipinski definition) is 1. The second-order valence-corrected chi connectivity index (χ2v) is 4.75. The van der Waals surface area contributed by atoms with Gasteiger partial charge in [0.1, 0.15) is 11.6 Å². The van der Waals surface area contributed by atoms with Crippen molar-refractivity contribution in [1.82, 2.24) is 0 Å². The minimum Gasteiger partial charge on any atom is -0.323 e. The Hall–Kier alpha value is -0.970. The number of halogens is 3. The van der Waals surface area contributed by atoms with E-state index in [-0.39, 0.29) is 17.5 Å². The summed E-state index contributed by atoms with van der Waals surface area (Å²) in [6.45, 7) is 3.72. The molecule has 0 aliphatic heterocycles. The zero-order valence-electron chi connectivity index (χ0n) is 8.93. The third kappa shape index (κ3) is 3.27. The highest BCUT2D eigenvalue weighted by atomic mass is 79.9. The highest BCUT2D eigenvalue weighted by Crippen LogP contribution is 2.18. The molecule has 0 radical (unpaired) electrons. The van der Waals surface area contributed by atoms with Gasteiger partial charge in [0, 0.05) is 6.07 Å². The molecule has 1 atom stereocenters. The molecule has 88 valence electrons. The molecule has 0 saturated carbocycles. The minimum absolute atomic E-state index is 0.0171. The zero-order valence-corrected chi connectivity index (χ0v) is 10.5. The van der Waals surface area contributed by atoms with E-state index in [4.69, 9.17) is 0 Å². The summed E-state index contributed by atoms with van der Waals surface area (Å²) in [5.41, 5.74) is -0.0171. The average molecular weight is 292 g/mol. The van der Waals surface area contributed by atoms with Crippen LogP contribution < -0.4 is 5.32 Å². The fourth-order valence-electron chi connectivity index (χ4n) is 1.10. The molecule has 0 aromatic heterocycles. The van der Waals surface area contributed by atoms with E-state index in [2.05, 4.69) is 21.2 Å². The molecule has 2 nitrogen and oxygen atoms in total. The van der Waals surface area contributed by atoms with E-state index in [1.807, 2.05) is 13.8 Å². The van der Waals surface area contributed by atoms with E-state index in [0.29, 0.717) is 0 Å². The number of alkyl halides is 1. The number of amides is 1. The SMILES string of the molecule is CC(C)C(Br)C(=O)Nc1ccc(F)cc1F. The second-order valence-electron chi connectivity index (χ2n) is 3.76. The Labute approximate surface area is 101 Å². The fraction of sp³-hybridized carbons (Fsp3) is 0.364. The van der Waals surface area contributed by atoms with E-state index < -0.39 is 16.5 Å². The van der Waals surface area contributed by atoms with Gasteiger partial charge in [0.05, 0.1) is 10.5 Å². The molecular formula is C11H12BrF2NO. The van der Waals surface area contributed by atoms with Crippen molar-refractivity contribution in [2.24, 2.45) is 5.92 Å². The Kier molecular flexibility index (Phi) is 4.41. The highest BCUT2D eigenvalue weighted by Gasteiger charge is 2.19. The first-order valence-corrected chi connectivity index (χ1v) is 5.73. The lowest BCUT2D eigenvalue weighted by molar-refractivity contribution is -0.116. The molecule has 1 aromatic rings. The van der Waals surface area contributed by atoms with Gasteiger partial charge in [-0.3, -0.25) is 4.79 Å². The Bertz CT molecular complexity index is 396. The average Bonchev–Trinajstić information content (AvgIpc) is 2.20. The van der Waals surface area contributed by atoms with Crippen LogP contribution in [0.3, 0.4) is 0 Å². The predicted octanol–water partition coefficient (Wildman–Crippen LogP) is 3.32. The van der Waals surface area contributed by atoms with Gasteiger partial charge in [-0.15, -0.1) is 0 Å². The Balaban J connectivity index is 2.77. The van der Waals surface area contributed by atoms with Crippen molar-refractivity contribution in [1.29, 1.82) is 0 Å². The van der Waals surface area contributed by atoms with Gasteiger partial charge in [-0.25, -0.2) is 8.78 Å². The molecule has 0 bridgehead atoms. The number of carbonyl (C=O) groups excluding carboxylic acids is 1. The summed E-state index contributed by atoms with van der Waals surface area (Å²) >= 11 is 3.20. The van der Waals surface area contributed by atoms with Crippen molar-refractivity contribution >= 4 is 27.5 Å². The molecule has 0 aliphatic carbocycles. The molecule has 0 saturated heterocycles. The molecule has 5 heteroatoms. The molecule has 1 rings (SSSR count). The number of anilines is 1. The fourth-order valence-corrected chi connectivity index (χ4v) is 1.21. The maximum absolute atomic E-state index is 13.2. The van der Waals surface area contributed by atoms with Crippen LogP contribution in [0.15, 0.2) is 18.2 Å². The highest BCUT2D eigenvalue weighted by molar-refractivity contribution is 9.10. The number of benzene rings is 1. The van der Waals surface area contributed by atoms with Crippen LogP contribution in [0.2, 0.25) is 0 Å². The van der Waals surface area contributed by atoms with E-state index >= 15 is 0 Å². The van der Waals surface area contributed by atoms with E-state index in [0.717, 1.165) is 12.1 Å². The van der Waals surface area contributed by atoms with Gasteiger partial charge in [0.15, 0.2) is 0 Å². The lowest BCUT2D eigenvalue weighted by atomic mass is 10.1. The quantitative estimate of drug-likeness (QED) is 0.851. The van der Waals surface area contributed by atoms with Crippen molar-refractivity contribution in [2.75, 3.05) is 5.32 Å². The van der Waals surface area contributed by atoms with E-state index in [1.165, 1.54) is 6.07 Å². The topological polar surface area (TPSA) is 29.1 Å². The minimum atomic E-state index is -0.781. The summed E-state index contributed by atoms with van der Waals surface area (Å²) in [4.78, 5) is 11.2. The Morgan fingerprint density at radius 3 is 2.50 bits per heavy atom. The summed E-state index contributed by atoms with van der Waals surface area (Å²) in [7, 11) is 0. The monoisotopic (exact) mass is 291 g/mol. The van der Waals surface area contributed by atoms with Gasteiger partial charge < -0.3 is 5.32 Å². The first-order chi connectivity index (χ1) is 7.41. The summed E-state index contributed by atoms with van der Waals surface area (Å²) < 4.78 is 25.8. The molecule has 16 heavy (non-hydrogen) atoms. The van der Waals surface area contributed by atoms with Crippen LogP contribution in [0.1, 0.15) is 13.8 Å². The smallest absolute Gasteiger partial charge is 0.238 e. The maximum atomic E-state index is 13.2. The molecule has 0 heterocycles. The van der Waals surface area contributed by atoms with Crippen LogP contribution in [0.4, 0.5) is 14.5 Å². The van der Waals surface area contributed by atoms with Crippen molar-refractivity contribution in [3.63, 3.8) is 0 Å². The third-order valence-corrected chi connectivity index (χ3v) is 3.50. The van der Waals surface area contributed by atoms with Crippen LogP contribution in [0.25, 0.3) is 0 Å². The summed E-state index contributed by atoms with van der Waals surface area (Å²) in [6, 6.07) is 3.02. The first-order valence-electron chi connectivity index (χ1n) is 4.82. The van der Waals surface area contributed by atoms with Gasteiger partial charge >= 0.3 is 0 Å². The largest absolute Gasteiger partial charge is 0.323 e. The third-order valence-electron chi connectivity index (χ3n) is 2.02. The summed E-state index contributed by atoms with van der Waals surface area (Å²) in [6.07, 6.45) is 0. The summed E-state index contributed by atoms with van der Waals surface area (Å²) in [5.74, 6) is -1.71. The van der Waals surface area contributed by atoms with Crippen LogP contribution in [0.5, 0.6) is 0 Å². The first kappa shape index (κ1) is 13.1. The van der Waals surface area contributed by atoms with E-state index in [9.17, 15) is 13.6 Å². The molecule has 1 unspecified atom stereocenters. The molecule has 0 fully saturated rings. The number of carbonyl (C=O) groups is 1. The van der Waals surface area contributed by atoms with Crippen LogP contribution in [-0.4, -0.2) is 10.7 Å². The van der Waals surface area contributed by atoms with Crippen molar-refractivity contribution in [2.45, 2.75) is 18.7 Å². The predicted molar refractivity (Wildman–Crippen MR) is 62.5 cm³/mol. The molecule has 0 spiro atoms. The van der Waals surface area contributed by atoms with Crippen LogP contribution in [0, 0.1) is 17.6 Å². The lowest BCUT2D eigenvalue weighted by Crippen LogP contribution is -2.27. The molecule has 1 aromatic carbocycles.